The quantitative estimate of drug-likeness (QED) is 0.149. The fraction of sp³-hybridized carbons (Fsp3) is 0.0933. The van der Waals surface area contributed by atoms with Gasteiger partial charge in [-0.05, 0) is 216 Å². The van der Waals surface area contributed by atoms with Crippen LogP contribution < -0.4 is 16.4 Å². The third-order valence-electron chi connectivity index (χ3n) is 17.4. The van der Waals surface area contributed by atoms with Crippen LogP contribution in [0.25, 0.3) is 116 Å². The molecule has 390 valence electrons. The van der Waals surface area contributed by atoms with E-state index in [1.54, 1.807) is 12.4 Å². The standard InChI is InChI=1S/C75H60N6/c1-4-17-57(46-77)78-39-16-19-49(50-31-36-70-63(41-50)58-24-11-13-26-67(58)80(70)55-20-7-5-8-21-55)40-47(2)62-44-53-28-29-54-45-66-65-43-52(51-32-37-71-64(42-51)59-25-12-14-27-68(59)81(71)56-22-9-6-10-23-56)30-35-69(65)79(48(3)18-15-38-76)75(66)61-34-33-60(74(62)78)72(53)73(54)61/h4-27,30-32,35-38,40-46H,2,28-29,33-34,39,76-77H2,1,3H3/b17-4-,19-16-,38-15-,48-18+,49-40+,57-46+. The average Bonchev–Trinajstić information content (AvgIpc) is 4.39. The summed E-state index contributed by atoms with van der Waals surface area (Å²) in [7, 11) is 0. The molecule has 0 saturated carbocycles. The van der Waals surface area contributed by atoms with Crippen molar-refractivity contribution in [2.75, 3.05) is 11.4 Å². The summed E-state index contributed by atoms with van der Waals surface area (Å²) in [5.74, 6) is 0. The number of anilines is 1. The van der Waals surface area contributed by atoms with E-state index in [0.29, 0.717) is 6.54 Å². The van der Waals surface area contributed by atoms with Crippen LogP contribution in [0.3, 0.4) is 0 Å². The Morgan fingerprint density at radius 3 is 1.72 bits per heavy atom. The summed E-state index contributed by atoms with van der Waals surface area (Å²) in [6.07, 6.45) is 22.2. The highest BCUT2D eigenvalue weighted by molar-refractivity contribution is 6.16. The Balaban J connectivity index is 0.897. The Morgan fingerprint density at radius 1 is 0.543 bits per heavy atom. The van der Waals surface area contributed by atoms with E-state index < -0.39 is 0 Å². The number of fused-ring (bicyclic) bond motifs is 12. The lowest BCUT2D eigenvalue weighted by Crippen LogP contribution is -2.27. The van der Waals surface area contributed by atoms with E-state index in [1.165, 1.54) is 116 Å². The summed E-state index contributed by atoms with van der Waals surface area (Å²) in [6.45, 7) is 9.84. The van der Waals surface area contributed by atoms with Crippen LogP contribution in [0.5, 0.6) is 0 Å². The summed E-state index contributed by atoms with van der Waals surface area (Å²) in [5, 5.41) is 7.50. The molecule has 0 bridgehead atoms. The molecule has 0 amide bonds. The van der Waals surface area contributed by atoms with Crippen molar-refractivity contribution >= 4 is 87.9 Å². The molecular formula is C75H60N6. The van der Waals surface area contributed by atoms with E-state index in [9.17, 15) is 0 Å². The van der Waals surface area contributed by atoms with Crippen molar-refractivity contribution in [3.8, 4) is 33.6 Å². The van der Waals surface area contributed by atoms with E-state index in [1.807, 2.05) is 6.08 Å². The highest BCUT2D eigenvalue weighted by Gasteiger charge is 2.35. The van der Waals surface area contributed by atoms with Gasteiger partial charge in [-0.15, -0.1) is 0 Å². The van der Waals surface area contributed by atoms with Crippen molar-refractivity contribution in [1.29, 1.82) is 0 Å². The number of hydrogen-bond donors (Lipinski definition) is 2. The smallest absolute Gasteiger partial charge is 0.0576 e. The molecule has 4 heterocycles. The van der Waals surface area contributed by atoms with Crippen LogP contribution in [0.1, 0.15) is 47.2 Å². The molecule has 3 aliphatic rings. The second kappa shape index (κ2) is 19.1. The van der Waals surface area contributed by atoms with E-state index in [4.69, 9.17) is 18.0 Å². The zero-order valence-electron chi connectivity index (χ0n) is 45.6. The van der Waals surface area contributed by atoms with Crippen LogP contribution in [0.4, 0.5) is 5.69 Å². The molecule has 12 aromatic rings. The van der Waals surface area contributed by atoms with Crippen molar-refractivity contribution in [3.63, 3.8) is 0 Å². The van der Waals surface area contributed by atoms with Gasteiger partial charge in [0, 0.05) is 67.7 Å². The maximum atomic E-state index is 6.65. The molecule has 6 nitrogen and oxygen atoms in total. The third kappa shape index (κ3) is 7.47. The number of hydrogen-bond acceptors (Lipinski definition) is 3. The molecule has 0 radical (unpaired) electrons. The molecule has 4 N–H and O–H groups in total. The van der Waals surface area contributed by atoms with Gasteiger partial charge in [0.05, 0.1) is 44.5 Å². The molecule has 6 heteroatoms. The minimum Gasteiger partial charge on any atom is -0.405 e. The molecule has 81 heavy (non-hydrogen) atoms. The molecule has 1 aliphatic heterocycles. The van der Waals surface area contributed by atoms with Crippen molar-refractivity contribution in [3.05, 3.63) is 277 Å². The van der Waals surface area contributed by atoms with Gasteiger partial charge >= 0.3 is 0 Å². The lowest BCUT2D eigenvalue weighted by atomic mass is 9.72. The maximum Gasteiger partial charge on any atom is 0.0576 e. The highest BCUT2D eigenvalue weighted by Crippen LogP contribution is 2.53. The molecule has 0 spiro atoms. The predicted octanol–water partition coefficient (Wildman–Crippen LogP) is 17.7. The first kappa shape index (κ1) is 48.1. The Bertz CT molecular complexity index is 4830. The fourth-order valence-electron chi connectivity index (χ4n) is 14.0. The Kier molecular flexibility index (Phi) is 11.3. The first-order chi connectivity index (χ1) is 39.9. The maximum absolute atomic E-state index is 6.65. The molecular weight excluding hydrogens is 985 g/mol. The average molecular weight is 1050 g/mol. The van der Waals surface area contributed by atoms with Crippen LogP contribution in [-0.4, -0.2) is 20.2 Å². The first-order valence-corrected chi connectivity index (χ1v) is 28.4. The monoisotopic (exact) mass is 1040 g/mol. The number of rotatable bonds is 8. The van der Waals surface area contributed by atoms with Crippen LogP contribution in [0.2, 0.25) is 0 Å². The SMILES string of the molecule is C=C1/C=C(c2ccc3c(c2)c2ccccc2n3-c2ccccc2)\C=C/CN(C(/C=C\C)=C/N)c2c1cc1c3c2CCc2c-3c(cc3c4cc(-c5ccc6c(c5)c5ccccc5n6-c5ccccc5)ccc4n(/C(C)=C/C=C\N)c23)CC1. The number of nitrogens with zero attached hydrogens (tertiary/aromatic N) is 4. The lowest BCUT2D eigenvalue weighted by Gasteiger charge is -2.37. The Morgan fingerprint density at radius 2 is 1.09 bits per heavy atom. The molecule has 0 fully saturated rings. The highest BCUT2D eigenvalue weighted by atomic mass is 15.1. The van der Waals surface area contributed by atoms with Gasteiger partial charge in [-0.2, -0.15) is 0 Å². The van der Waals surface area contributed by atoms with E-state index in [0.717, 1.165) is 70.7 Å². The van der Waals surface area contributed by atoms with Gasteiger partial charge in [-0.25, -0.2) is 0 Å². The van der Waals surface area contributed by atoms with Crippen molar-refractivity contribution in [1.82, 2.24) is 13.7 Å². The Labute approximate surface area is 471 Å². The normalized spacial score (nSPS) is 15.8. The largest absolute Gasteiger partial charge is 0.405 e. The first-order valence-electron chi connectivity index (χ1n) is 28.4. The molecule has 9 aromatic carbocycles. The fourth-order valence-corrected chi connectivity index (χ4v) is 14.0. The molecule has 0 unspecified atom stereocenters. The third-order valence-corrected chi connectivity index (χ3v) is 17.4. The van der Waals surface area contributed by atoms with Crippen LogP contribution in [-0.2, 0) is 25.7 Å². The molecule has 0 atom stereocenters. The van der Waals surface area contributed by atoms with Crippen LogP contribution in [0, 0.1) is 0 Å². The topological polar surface area (TPSA) is 70.1 Å². The lowest BCUT2D eigenvalue weighted by molar-refractivity contribution is 0.869. The van der Waals surface area contributed by atoms with E-state index in [2.05, 4.69) is 245 Å². The van der Waals surface area contributed by atoms with E-state index >= 15 is 0 Å². The van der Waals surface area contributed by atoms with Gasteiger partial charge in [0.25, 0.3) is 0 Å². The second-order valence-corrected chi connectivity index (χ2v) is 21.9. The van der Waals surface area contributed by atoms with Gasteiger partial charge in [0.15, 0.2) is 0 Å². The van der Waals surface area contributed by atoms with Gasteiger partial charge in [-0.3, -0.25) is 0 Å². The zero-order chi connectivity index (χ0) is 54.5. The van der Waals surface area contributed by atoms with Crippen LogP contribution in [0.15, 0.2) is 243 Å². The van der Waals surface area contributed by atoms with Gasteiger partial charge in [0.2, 0.25) is 0 Å². The number of nitrogens with two attached hydrogens (primary N) is 2. The zero-order valence-corrected chi connectivity index (χ0v) is 45.6. The molecule has 15 rings (SSSR count). The number of aryl methyl sites for hydroxylation is 3. The predicted molar refractivity (Wildman–Crippen MR) is 344 cm³/mol. The number of aromatic nitrogens is 3. The number of allylic oxidation sites excluding steroid dienone is 9. The van der Waals surface area contributed by atoms with Gasteiger partial charge < -0.3 is 30.1 Å². The van der Waals surface area contributed by atoms with E-state index in [-0.39, 0.29) is 0 Å². The summed E-state index contributed by atoms with van der Waals surface area (Å²) in [6, 6.07) is 64.9. The number of benzene rings is 9. The van der Waals surface area contributed by atoms with Crippen molar-refractivity contribution in [2.24, 2.45) is 11.5 Å². The second-order valence-electron chi connectivity index (χ2n) is 21.9. The summed E-state index contributed by atoms with van der Waals surface area (Å²) in [5.41, 5.74) is 40.7. The molecule has 3 aromatic heterocycles. The Hall–Kier alpha value is -10.0. The van der Waals surface area contributed by atoms with Crippen molar-refractivity contribution in [2.45, 2.75) is 39.5 Å². The summed E-state index contributed by atoms with van der Waals surface area (Å²) in [4.78, 5) is 2.43. The number of para-hydroxylation sites is 4. The van der Waals surface area contributed by atoms with Gasteiger partial charge in [-0.1, -0.05) is 116 Å². The van der Waals surface area contributed by atoms with Crippen molar-refractivity contribution < 1.29 is 0 Å². The van der Waals surface area contributed by atoms with Crippen LogP contribution >= 0.6 is 0 Å². The summed E-state index contributed by atoms with van der Waals surface area (Å²) < 4.78 is 7.26. The van der Waals surface area contributed by atoms with Gasteiger partial charge in [0.1, 0.15) is 0 Å². The molecule has 2 aliphatic carbocycles. The minimum absolute atomic E-state index is 0.627. The molecule has 0 saturated heterocycles. The summed E-state index contributed by atoms with van der Waals surface area (Å²) >= 11 is 0. The minimum atomic E-state index is 0.627.